The highest BCUT2D eigenvalue weighted by Gasteiger charge is 2.43. The van der Waals surface area contributed by atoms with Crippen molar-refractivity contribution in [3.8, 4) is 11.4 Å². The van der Waals surface area contributed by atoms with Crippen molar-refractivity contribution in [2.24, 2.45) is 5.92 Å². The van der Waals surface area contributed by atoms with E-state index in [2.05, 4.69) is 15.5 Å². The lowest BCUT2D eigenvalue weighted by atomic mass is 10.0. The molecule has 4 rings (SSSR count). The molecule has 0 spiro atoms. The summed E-state index contributed by atoms with van der Waals surface area (Å²) in [5.74, 6) is -2.80. The molecule has 1 fully saturated rings. The van der Waals surface area contributed by atoms with E-state index in [1.807, 2.05) is 30.3 Å². The lowest BCUT2D eigenvalue weighted by Crippen LogP contribution is -2.37. The molecule has 0 aliphatic heterocycles. The van der Waals surface area contributed by atoms with E-state index in [0.717, 1.165) is 17.7 Å². The molecular weight excluding hydrogens is 418 g/mol. The topological polar surface area (TPSA) is 88.3 Å². The van der Waals surface area contributed by atoms with Gasteiger partial charge in [-0.2, -0.15) is 4.98 Å². The number of hydrogen-bond donors (Lipinski definition) is 1. The van der Waals surface area contributed by atoms with Crippen molar-refractivity contribution < 1.29 is 22.9 Å². The summed E-state index contributed by atoms with van der Waals surface area (Å²) in [7, 11) is 3.34. The van der Waals surface area contributed by atoms with E-state index in [9.17, 15) is 18.4 Å². The normalized spacial score (nSPS) is 20.2. The minimum atomic E-state index is -1.11. The Labute approximate surface area is 183 Å². The van der Waals surface area contributed by atoms with Crippen LogP contribution in [0.25, 0.3) is 11.4 Å². The first kappa shape index (κ1) is 21.6. The first-order chi connectivity index (χ1) is 15.3. The van der Waals surface area contributed by atoms with Crippen LogP contribution in [0.4, 0.5) is 8.78 Å². The predicted molar refractivity (Wildman–Crippen MR) is 112 cm³/mol. The monoisotopic (exact) mass is 440 g/mol. The van der Waals surface area contributed by atoms with Gasteiger partial charge in [-0.05, 0) is 31.0 Å². The van der Waals surface area contributed by atoms with Crippen LogP contribution in [-0.4, -0.2) is 47.0 Å². The van der Waals surface area contributed by atoms with Crippen molar-refractivity contribution in [2.75, 3.05) is 14.1 Å². The van der Waals surface area contributed by atoms with Crippen molar-refractivity contribution in [2.45, 2.75) is 24.8 Å². The van der Waals surface area contributed by atoms with Crippen LogP contribution in [0.3, 0.4) is 0 Å². The van der Waals surface area contributed by atoms with Crippen molar-refractivity contribution in [3.63, 3.8) is 0 Å². The maximum Gasteiger partial charge on any atom is 0.251 e. The highest BCUT2D eigenvalue weighted by Crippen LogP contribution is 2.39. The van der Waals surface area contributed by atoms with Crippen LogP contribution < -0.4 is 5.32 Å². The molecular formula is C23H22F2N4O3. The van der Waals surface area contributed by atoms with Crippen LogP contribution in [0.1, 0.15) is 35.0 Å². The molecule has 1 aromatic heterocycles. The maximum absolute atomic E-state index is 13.6. The number of rotatable bonds is 5. The van der Waals surface area contributed by atoms with Gasteiger partial charge in [0.25, 0.3) is 5.91 Å². The molecule has 32 heavy (non-hydrogen) atoms. The van der Waals surface area contributed by atoms with Crippen LogP contribution in [0.5, 0.6) is 0 Å². The van der Waals surface area contributed by atoms with E-state index in [4.69, 9.17) is 4.52 Å². The van der Waals surface area contributed by atoms with Gasteiger partial charge in [0.05, 0.1) is 5.92 Å². The minimum absolute atomic E-state index is 0.0134. The third kappa shape index (κ3) is 4.37. The first-order valence-corrected chi connectivity index (χ1v) is 10.2. The van der Waals surface area contributed by atoms with E-state index < -0.39 is 29.5 Å². The highest BCUT2D eigenvalue weighted by atomic mass is 19.2. The Morgan fingerprint density at radius 2 is 1.81 bits per heavy atom. The fourth-order valence-electron chi connectivity index (χ4n) is 4.02. The smallest absolute Gasteiger partial charge is 0.251 e. The molecule has 2 aromatic carbocycles. The quantitative estimate of drug-likeness (QED) is 0.657. The van der Waals surface area contributed by atoms with Gasteiger partial charge in [-0.25, -0.2) is 8.78 Å². The fourth-order valence-corrected chi connectivity index (χ4v) is 4.02. The summed E-state index contributed by atoms with van der Waals surface area (Å²) in [6.07, 6.45) is 0.774. The molecule has 7 nitrogen and oxygen atoms in total. The van der Waals surface area contributed by atoms with Gasteiger partial charge in [0.1, 0.15) is 0 Å². The van der Waals surface area contributed by atoms with Gasteiger partial charge in [0.15, 0.2) is 11.6 Å². The largest absolute Gasteiger partial charge is 0.349 e. The zero-order valence-corrected chi connectivity index (χ0v) is 17.6. The third-order valence-corrected chi connectivity index (χ3v) is 5.64. The average molecular weight is 440 g/mol. The van der Waals surface area contributed by atoms with E-state index >= 15 is 0 Å². The SMILES string of the molecule is CN(C)C(=O)[C@H]1C[C@H](NC(=O)c2ccc(F)c(F)c2)[C@H](c2nc(-c3ccccc3)no2)C1. The summed E-state index contributed by atoms with van der Waals surface area (Å²) in [5, 5.41) is 6.88. The Morgan fingerprint density at radius 1 is 1.06 bits per heavy atom. The molecule has 0 saturated heterocycles. The summed E-state index contributed by atoms with van der Waals surface area (Å²) >= 11 is 0. The summed E-state index contributed by atoms with van der Waals surface area (Å²) in [6, 6.07) is 11.8. The Morgan fingerprint density at radius 3 is 2.50 bits per heavy atom. The molecule has 2 amide bonds. The first-order valence-electron chi connectivity index (χ1n) is 10.2. The molecule has 3 aromatic rings. The standard InChI is InChI=1S/C23H22F2N4O3/c1-29(2)23(31)15-10-16(22-27-20(28-32-22)13-6-4-3-5-7-13)19(12-15)26-21(30)14-8-9-17(24)18(25)11-14/h3-9,11,15-16,19H,10,12H2,1-2H3,(H,26,30)/t15-,16-,19+/m1/s1. The van der Waals surface area contributed by atoms with Gasteiger partial charge in [-0.1, -0.05) is 35.5 Å². The number of nitrogens with one attached hydrogen (secondary N) is 1. The van der Waals surface area contributed by atoms with E-state index in [-0.39, 0.29) is 17.4 Å². The van der Waals surface area contributed by atoms with Gasteiger partial charge in [0, 0.05) is 37.2 Å². The summed E-state index contributed by atoms with van der Waals surface area (Å²) in [6.45, 7) is 0. The van der Waals surface area contributed by atoms with Gasteiger partial charge in [-0.3, -0.25) is 9.59 Å². The molecule has 9 heteroatoms. The zero-order chi connectivity index (χ0) is 22.8. The third-order valence-electron chi connectivity index (χ3n) is 5.64. The van der Waals surface area contributed by atoms with Crippen molar-refractivity contribution in [3.05, 3.63) is 71.6 Å². The van der Waals surface area contributed by atoms with Crippen LogP contribution in [-0.2, 0) is 4.79 Å². The number of carbonyl (C=O) groups is 2. The summed E-state index contributed by atoms with van der Waals surface area (Å²) in [5.41, 5.74) is 0.768. The number of amides is 2. The second kappa shape index (κ2) is 8.86. The van der Waals surface area contributed by atoms with E-state index in [1.165, 1.54) is 11.0 Å². The molecule has 1 N–H and O–H groups in total. The van der Waals surface area contributed by atoms with Crippen LogP contribution in [0.2, 0.25) is 0 Å². The molecule has 0 unspecified atom stereocenters. The Balaban J connectivity index is 1.59. The maximum atomic E-state index is 13.6. The Hall–Kier alpha value is -3.62. The average Bonchev–Trinajstić information content (AvgIpc) is 3.43. The molecule has 166 valence electrons. The summed E-state index contributed by atoms with van der Waals surface area (Å²) < 4.78 is 32.3. The van der Waals surface area contributed by atoms with Crippen LogP contribution in [0, 0.1) is 17.6 Å². The fraction of sp³-hybridized carbons (Fsp3) is 0.304. The van der Waals surface area contributed by atoms with Gasteiger partial charge in [0.2, 0.25) is 17.6 Å². The number of nitrogens with zero attached hydrogens (tertiary/aromatic N) is 3. The molecule has 0 radical (unpaired) electrons. The van der Waals surface area contributed by atoms with Crippen LogP contribution in [0.15, 0.2) is 53.1 Å². The molecule has 1 aliphatic rings. The molecule has 1 heterocycles. The molecule has 1 aliphatic carbocycles. The Bertz CT molecular complexity index is 1130. The molecule has 0 bridgehead atoms. The van der Waals surface area contributed by atoms with E-state index in [0.29, 0.717) is 24.6 Å². The van der Waals surface area contributed by atoms with Gasteiger partial charge < -0.3 is 14.7 Å². The number of hydrogen-bond acceptors (Lipinski definition) is 5. The van der Waals surface area contributed by atoms with Crippen LogP contribution >= 0.6 is 0 Å². The summed E-state index contributed by atoms with van der Waals surface area (Å²) in [4.78, 5) is 31.3. The number of aromatic nitrogens is 2. The predicted octanol–water partition coefficient (Wildman–Crippen LogP) is 3.40. The van der Waals surface area contributed by atoms with Gasteiger partial charge in [-0.15, -0.1) is 0 Å². The van der Waals surface area contributed by atoms with Crippen molar-refractivity contribution in [1.82, 2.24) is 20.4 Å². The lowest BCUT2D eigenvalue weighted by Gasteiger charge is -2.18. The second-order valence-electron chi connectivity index (χ2n) is 8.04. The number of benzene rings is 2. The van der Waals surface area contributed by atoms with E-state index in [1.54, 1.807) is 14.1 Å². The molecule has 1 saturated carbocycles. The Kier molecular flexibility index (Phi) is 5.98. The van der Waals surface area contributed by atoms with Crippen molar-refractivity contribution in [1.29, 1.82) is 0 Å². The number of halogens is 2. The number of carbonyl (C=O) groups excluding carboxylic acids is 2. The molecule has 3 atom stereocenters. The highest BCUT2D eigenvalue weighted by molar-refractivity contribution is 5.94. The minimum Gasteiger partial charge on any atom is -0.349 e. The zero-order valence-electron chi connectivity index (χ0n) is 17.6. The lowest BCUT2D eigenvalue weighted by molar-refractivity contribution is -0.132. The second-order valence-corrected chi connectivity index (χ2v) is 8.04. The van der Waals surface area contributed by atoms with Gasteiger partial charge >= 0.3 is 0 Å². The van der Waals surface area contributed by atoms with Crippen molar-refractivity contribution >= 4 is 11.8 Å².